The number of halogens is 1. The van der Waals surface area contributed by atoms with Crippen molar-refractivity contribution < 1.29 is 9.84 Å². The van der Waals surface area contributed by atoms with Crippen molar-refractivity contribution in [1.29, 1.82) is 0 Å². The van der Waals surface area contributed by atoms with Gasteiger partial charge in [-0.05, 0) is 42.4 Å². The zero-order valence-electron chi connectivity index (χ0n) is 10.5. The molecule has 0 aromatic heterocycles. The minimum absolute atomic E-state index is 0.237. The Bertz CT molecular complexity index is 311. The van der Waals surface area contributed by atoms with E-state index in [-0.39, 0.29) is 6.61 Å². The van der Waals surface area contributed by atoms with E-state index in [1.165, 1.54) is 5.56 Å². The second-order valence-corrected chi connectivity index (χ2v) is 5.45. The Morgan fingerprint density at radius 2 is 1.94 bits per heavy atom. The molecule has 17 heavy (non-hydrogen) atoms. The summed E-state index contributed by atoms with van der Waals surface area (Å²) in [5.41, 5.74) is 1.27. The fraction of sp³-hybridized carbons (Fsp3) is 0.571. The molecule has 0 spiro atoms. The first-order valence-electron chi connectivity index (χ1n) is 6.01. The van der Waals surface area contributed by atoms with E-state index in [9.17, 15) is 5.11 Å². The molecule has 0 amide bonds. The van der Waals surface area contributed by atoms with Gasteiger partial charge in [0, 0.05) is 24.8 Å². The van der Waals surface area contributed by atoms with E-state index in [1.807, 2.05) is 12.1 Å². The molecule has 0 bridgehead atoms. The van der Waals surface area contributed by atoms with E-state index in [0.717, 1.165) is 23.9 Å². The predicted octanol–water partition coefficient (Wildman–Crippen LogP) is 3.27. The second-order valence-electron chi connectivity index (χ2n) is 4.53. The Kier molecular flexibility index (Phi) is 6.78. The van der Waals surface area contributed by atoms with Crippen LogP contribution in [0, 0.1) is 11.8 Å². The van der Waals surface area contributed by atoms with Gasteiger partial charge in [-0.1, -0.05) is 35.0 Å². The fourth-order valence-corrected chi connectivity index (χ4v) is 2.17. The lowest BCUT2D eigenvalue weighted by atomic mass is 9.87. The number of ether oxygens (including phenoxy) is 1. The first kappa shape index (κ1) is 14.7. The average molecular weight is 301 g/mol. The average Bonchev–Trinajstić information content (AvgIpc) is 2.35. The maximum absolute atomic E-state index is 9.46. The number of aliphatic hydroxyl groups is 1. The summed E-state index contributed by atoms with van der Waals surface area (Å²) in [6.45, 7) is 3.18. The van der Waals surface area contributed by atoms with Gasteiger partial charge < -0.3 is 9.84 Å². The van der Waals surface area contributed by atoms with Crippen LogP contribution in [0.2, 0.25) is 0 Å². The van der Waals surface area contributed by atoms with Crippen LogP contribution < -0.4 is 0 Å². The summed E-state index contributed by atoms with van der Waals surface area (Å²) in [5, 5.41) is 9.46. The third-order valence-corrected chi connectivity index (χ3v) is 3.76. The standard InChI is InChI=1S/C14H21BrO2/c1-11(7-8-17-2)13(10-16)9-12-3-5-14(15)6-4-12/h3-6,11,13,16H,7-10H2,1-2H3. The Morgan fingerprint density at radius 1 is 1.29 bits per heavy atom. The Labute approximate surface area is 112 Å². The molecular weight excluding hydrogens is 280 g/mol. The molecule has 0 heterocycles. The summed E-state index contributed by atoms with van der Waals surface area (Å²) in [6.07, 6.45) is 1.92. The van der Waals surface area contributed by atoms with Crippen LogP contribution in [0.4, 0.5) is 0 Å². The fourth-order valence-electron chi connectivity index (χ4n) is 1.91. The molecule has 1 aromatic rings. The number of benzene rings is 1. The highest BCUT2D eigenvalue weighted by Gasteiger charge is 2.16. The van der Waals surface area contributed by atoms with Crippen molar-refractivity contribution >= 4 is 15.9 Å². The molecule has 2 unspecified atom stereocenters. The summed E-state index contributed by atoms with van der Waals surface area (Å²) in [7, 11) is 1.72. The molecule has 2 nitrogen and oxygen atoms in total. The smallest absolute Gasteiger partial charge is 0.0465 e. The summed E-state index contributed by atoms with van der Waals surface area (Å²) in [4.78, 5) is 0. The lowest BCUT2D eigenvalue weighted by Crippen LogP contribution is -2.20. The summed E-state index contributed by atoms with van der Waals surface area (Å²) >= 11 is 3.43. The van der Waals surface area contributed by atoms with Crippen LogP contribution in [0.5, 0.6) is 0 Å². The van der Waals surface area contributed by atoms with E-state index < -0.39 is 0 Å². The second kappa shape index (κ2) is 7.85. The Hall–Kier alpha value is -0.380. The van der Waals surface area contributed by atoms with Crippen molar-refractivity contribution in [3.63, 3.8) is 0 Å². The number of rotatable bonds is 7. The van der Waals surface area contributed by atoms with E-state index in [2.05, 4.69) is 35.0 Å². The van der Waals surface area contributed by atoms with Gasteiger partial charge in [0.15, 0.2) is 0 Å². The SMILES string of the molecule is COCCC(C)C(CO)Cc1ccc(Br)cc1. The highest BCUT2D eigenvalue weighted by Crippen LogP contribution is 2.21. The third kappa shape index (κ3) is 5.19. The number of aliphatic hydroxyl groups excluding tert-OH is 1. The molecule has 0 aliphatic rings. The van der Waals surface area contributed by atoms with Gasteiger partial charge in [0.1, 0.15) is 0 Å². The van der Waals surface area contributed by atoms with Gasteiger partial charge in [-0.2, -0.15) is 0 Å². The molecule has 0 saturated carbocycles. The Morgan fingerprint density at radius 3 is 2.47 bits per heavy atom. The van der Waals surface area contributed by atoms with Gasteiger partial charge in [-0.25, -0.2) is 0 Å². The first-order chi connectivity index (χ1) is 8.17. The van der Waals surface area contributed by atoms with Crippen molar-refractivity contribution in [3.05, 3.63) is 34.3 Å². The maximum atomic E-state index is 9.46. The number of hydrogen-bond donors (Lipinski definition) is 1. The minimum Gasteiger partial charge on any atom is -0.396 e. The van der Waals surface area contributed by atoms with Gasteiger partial charge in [0.2, 0.25) is 0 Å². The predicted molar refractivity (Wildman–Crippen MR) is 74.1 cm³/mol. The minimum atomic E-state index is 0.237. The number of hydrogen-bond acceptors (Lipinski definition) is 2. The monoisotopic (exact) mass is 300 g/mol. The molecule has 0 aliphatic heterocycles. The van der Waals surface area contributed by atoms with Gasteiger partial charge in [-0.3, -0.25) is 0 Å². The summed E-state index contributed by atoms with van der Waals surface area (Å²) in [5.74, 6) is 0.787. The highest BCUT2D eigenvalue weighted by atomic mass is 79.9. The first-order valence-corrected chi connectivity index (χ1v) is 6.81. The topological polar surface area (TPSA) is 29.5 Å². The van der Waals surface area contributed by atoms with Crippen LogP contribution >= 0.6 is 15.9 Å². The molecule has 0 fully saturated rings. The molecule has 96 valence electrons. The quantitative estimate of drug-likeness (QED) is 0.837. The summed E-state index contributed by atoms with van der Waals surface area (Å²) in [6, 6.07) is 8.30. The van der Waals surface area contributed by atoms with Crippen molar-refractivity contribution in [1.82, 2.24) is 0 Å². The van der Waals surface area contributed by atoms with Crippen molar-refractivity contribution in [2.75, 3.05) is 20.3 Å². The normalized spacial score (nSPS) is 14.6. The van der Waals surface area contributed by atoms with E-state index in [0.29, 0.717) is 11.8 Å². The Balaban J connectivity index is 2.53. The molecule has 0 saturated heterocycles. The van der Waals surface area contributed by atoms with Crippen LogP contribution in [-0.2, 0) is 11.2 Å². The van der Waals surface area contributed by atoms with Crippen LogP contribution in [0.1, 0.15) is 18.9 Å². The highest BCUT2D eigenvalue weighted by molar-refractivity contribution is 9.10. The molecule has 1 N–H and O–H groups in total. The van der Waals surface area contributed by atoms with Gasteiger partial charge in [-0.15, -0.1) is 0 Å². The largest absolute Gasteiger partial charge is 0.396 e. The molecule has 0 radical (unpaired) electrons. The third-order valence-electron chi connectivity index (χ3n) is 3.23. The van der Waals surface area contributed by atoms with Crippen LogP contribution in [-0.4, -0.2) is 25.4 Å². The number of methoxy groups -OCH3 is 1. The van der Waals surface area contributed by atoms with E-state index in [4.69, 9.17) is 4.74 Å². The van der Waals surface area contributed by atoms with E-state index in [1.54, 1.807) is 7.11 Å². The van der Waals surface area contributed by atoms with Crippen molar-refractivity contribution in [2.24, 2.45) is 11.8 Å². The molecule has 1 rings (SSSR count). The zero-order valence-corrected chi connectivity index (χ0v) is 12.1. The lowest BCUT2D eigenvalue weighted by Gasteiger charge is -2.21. The van der Waals surface area contributed by atoms with Gasteiger partial charge >= 0.3 is 0 Å². The van der Waals surface area contributed by atoms with Crippen molar-refractivity contribution in [2.45, 2.75) is 19.8 Å². The van der Waals surface area contributed by atoms with Crippen LogP contribution in [0.25, 0.3) is 0 Å². The molecular formula is C14H21BrO2. The van der Waals surface area contributed by atoms with E-state index >= 15 is 0 Å². The molecule has 1 aromatic carbocycles. The van der Waals surface area contributed by atoms with Gasteiger partial charge in [0.25, 0.3) is 0 Å². The van der Waals surface area contributed by atoms with Crippen LogP contribution in [0.15, 0.2) is 28.7 Å². The maximum Gasteiger partial charge on any atom is 0.0465 e. The molecule has 3 heteroatoms. The summed E-state index contributed by atoms with van der Waals surface area (Å²) < 4.78 is 6.18. The van der Waals surface area contributed by atoms with Gasteiger partial charge in [0.05, 0.1) is 0 Å². The van der Waals surface area contributed by atoms with Crippen LogP contribution in [0.3, 0.4) is 0 Å². The molecule has 2 atom stereocenters. The van der Waals surface area contributed by atoms with Crippen molar-refractivity contribution in [3.8, 4) is 0 Å². The molecule has 0 aliphatic carbocycles. The lowest BCUT2D eigenvalue weighted by molar-refractivity contribution is 0.134. The zero-order chi connectivity index (χ0) is 12.7.